The van der Waals surface area contributed by atoms with Gasteiger partial charge in [-0.15, -0.1) is 0 Å². The third kappa shape index (κ3) is 2.68. The van der Waals surface area contributed by atoms with E-state index in [2.05, 4.69) is 0 Å². The lowest BCUT2D eigenvalue weighted by atomic mass is 9.97. The lowest BCUT2D eigenvalue weighted by Crippen LogP contribution is -2.15. The summed E-state index contributed by atoms with van der Waals surface area (Å²) in [7, 11) is 2.89. The first-order valence-corrected chi connectivity index (χ1v) is 4.62. The minimum atomic E-state index is -0.145. The summed E-state index contributed by atoms with van der Waals surface area (Å²) < 4.78 is 9.96. The Bertz CT molecular complexity index is 350. The minimum absolute atomic E-state index is 0.0327. The molecule has 0 aromatic carbocycles. The molecule has 4 nitrogen and oxygen atoms in total. The molecule has 1 rings (SSSR count). The Hall–Kier alpha value is -1.58. The van der Waals surface area contributed by atoms with Gasteiger partial charge in [-0.25, -0.2) is 0 Å². The predicted molar refractivity (Wildman–Crippen MR) is 54.0 cm³/mol. The van der Waals surface area contributed by atoms with Gasteiger partial charge in [0.1, 0.15) is 5.78 Å². The van der Waals surface area contributed by atoms with E-state index in [1.807, 2.05) is 0 Å². The van der Waals surface area contributed by atoms with Gasteiger partial charge in [0.05, 0.1) is 14.2 Å². The van der Waals surface area contributed by atoms with E-state index in [1.165, 1.54) is 21.1 Å². The molecule has 0 amide bonds. The summed E-state index contributed by atoms with van der Waals surface area (Å²) in [5.41, 5.74) is 0.769. The third-order valence-electron chi connectivity index (χ3n) is 2.10. The van der Waals surface area contributed by atoms with Gasteiger partial charge in [0.25, 0.3) is 0 Å². The molecule has 0 atom stereocenters. The summed E-state index contributed by atoms with van der Waals surface area (Å²) in [6.07, 6.45) is 2.22. The van der Waals surface area contributed by atoms with E-state index in [1.54, 1.807) is 6.08 Å². The van der Waals surface area contributed by atoms with Gasteiger partial charge < -0.3 is 9.47 Å². The quantitative estimate of drug-likeness (QED) is 0.703. The Morgan fingerprint density at radius 2 is 2.07 bits per heavy atom. The van der Waals surface area contributed by atoms with Crippen molar-refractivity contribution < 1.29 is 19.1 Å². The Labute approximate surface area is 88.6 Å². The third-order valence-corrected chi connectivity index (χ3v) is 2.10. The predicted octanol–water partition coefficient (Wildman–Crippen LogP) is 1.37. The van der Waals surface area contributed by atoms with Crippen LogP contribution in [0.15, 0.2) is 23.2 Å². The van der Waals surface area contributed by atoms with Crippen LogP contribution in [0.25, 0.3) is 0 Å². The number of Topliss-reactive ketones (excluding diaryl/α,β-unsaturated/α-hetero) is 2. The van der Waals surface area contributed by atoms with Crippen molar-refractivity contribution in [1.29, 1.82) is 0 Å². The maximum Gasteiger partial charge on any atom is 0.205 e. The van der Waals surface area contributed by atoms with Crippen LogP contribution < -0.4 is 0 Å². The van der Waals surface area contributed by atoms with Crippen LogP contribution >= 0.6 is 0 Å². The van der Waals surface area contributed by atoms with Crippen LogP contribution in [0, 0.1) is 0 Å². The lowest BCUT2D eigenvalue weighted by Gasteiger charge is -2.16. The molecule has 15 heavy (non-hydrogen) atoms. The fourth-order valence-electron chi connectivity index (χ4n) is 1.53. The highest BCUT2D eigenvalue weighted by atomic mass is 16.5. The van der Waals surface area contributed by atoms with Crippen molar-refractivity contribution in [3.8, 4) is 0 Å². The first-order chi connectivity index (χ1) is 7.08. The van der Waals surface area contributed by atoms with Gasteiger partial charge in [0.15, 0.2) is 5.76 Å². The van der Waals surface area contributed by atoms with Crippen LogP contribution in [0.5, 0.6) is 0 Å². The maximum atomic E-state index is 11.6. The highest BCUT2D eigenvalue weighted by molar-refractivity contribution is 5.98. The van der Waals surface area contributed by atoms with Crippen molar-refractivity contribution in [3.63, 3.8) is 0 Å². The van der Waals surface area contributed by atoms with E-state index in [-0.39, 0.29) is 30.2 Å². The van der Waals surface area contributed by atoms with Crippen molar-refractivity contribution >= 4 is 11.6 Å². The Morgan fingerprint density at radius 1 is 1.40 bits per heavy atom. The number of hydrogen-bond acceptors (Lipinski definition) is 4. The van der Waals surface area contributed by atoms with Crippen LogP contribution in [-0.2, 0) is 19.1 Å². The van der Waals surface area contributed by atoms with Crippen LogP contribution in [0.3, 0.4) is 0 Å². The topological polar surface area (TPSA) is 52.6 Å². The number of hydrogen-bond donors (Lipinski definition) is 0. The van der Waals surface area contributed by atoms with Crippen molar-refractivity contribution in [2.24, 2.45) is 0 Å². The van der Waals surface area contributed by atoms with E-state index in [9.17, 15) is 9.59 Å². The van der Waals surface area contributed by atoms with Gasteiger partial charge >= 0.3 is 0 Å². The van der Waals surface area contributed by atoms with Gasteiger partial charge in [0.2, 0.25) is 11.5 Å². The van der Waals surface area contributed by atoms with Crippen molar-refractivity contribution in [2.75, 3.05) is 14.2 Å². The summed E-state index contributed by atoms with van der Waals surface area (Å²) in [5, 5.41) is 0. The molecule has 1 aliphatic rings. The van der Waals surface area contributed by atoms with Crippen molar-refractivity contribution in [3.05, 3.63) is 23.2 Å². The number of ketones is 2. The smallest absolute Gasteiger partial charge is 0.205 e. The molecule has 0 unspecified atom stereocenters. The van der Waals surface area contributed by atoms with Gasteiger partial charge in [-0.1, -0.05) is 5.57 Å². The van der Waals surface area contributed by atoms with Crippen LogP contribution in [0.4, 0.5) is 0 Å². The highest BCUT2D eigenvalue weighted by Crippen LogP contribution is 2.24. The van der Waals surface area contributed by atoms with Crippen molar-refractivity contribution in [1.82, 2.24) is 0 Å². The normalized spacial score (nSPS) is 16.2. The largest absolute Gasteiger partial charge is 0.493 e. The molecule has 0 aromatic heterocycles. The van der Waals surface area contributed by atoms with E-state index in [0.717, 1.165) is 5.57 Å². The fraction of sp³-hybridized carbons (Fsp3) is 0.455. The molecule has 0 saturated heterocycles. The van der Waals surface area contributed by atoms with Crippen LogP contribution in [-0.4, -0.2) is 25.8 Å². The number of methoxy groups -OCH3 is 2. The number of rotatable bonds is 4. The van der Waals surface area contributed by atoms with E-state index in [0.29, 0.717) is 5.76 Å². The number of carbonyl (C=O) groups is 2. The van der Waals surface area contributed by atoms with Gasteiger partial charge in [-0.3, -0.25) is 9.59 Å². The maximum absolute atomic E-state index is 11.6. The minimum Gasteiger partial charge on any atom is -0.493 e. The number of ether oxygens (including phenoxy) is 2. The standard InChI is InChI=1S/C11H14O4/c1-7(12)4-8-5-9(13)11(15-3)10(6-8)14-2/h6H,4-5H2,1-3H3. The lowest BCUT2D eigenvalue weighted by molar-refractivity contribution is -0.118. The molecule has 4 heteroatoms. The average molecular weight is 210 g/mol. The molecule has 0 spiro atoms. The molecule has 0 bridgehead atoms. The molecule has 0 aliphatic heterocycles. The summed E-state index contributed by atoms with van der Waals surface area (Å²) >= 11 is 0. The SMILES string of the molecule is COC1=C(OC)C(=O)CC(CC(C)=O)=C1. The molecule has 82 valence electrons. The number of carbonyl (C=O) groups excluding carboxylic acids is 2. The average Bonchev–Trinajstić information content (AvgIpc) is 2.15. The van der Waals surface area contributed by atoms with Crippen LogP contribution in [0.1, 0.15) is 19.8 Å². The zero-order valence-corrected chi connectivity index (χ0v) is 9.12. The molecule has 0 fully saturated rings. The molecule has 0 saturated carbocycles. The first-order valence-electron chi connectivity index (χ1n) is 4.62. The second kappa shape index (κ2) is 4.77. The molecular weight excluding hydrogens is 196 g/mol. The van der Waals surface area contributed by atoms with Gasteiger partial charge in [-0.2, -0.15) is 0 Å². The van der Waals surface area contributed by atoms with E-state index >= 15 is 0 Å². The molecule has 0 aromatic rings. The second-order valence-corrected chi connectivity index (χ2v) is 3.38. The summed E-state index contributed by atoms with van der Waals surface area (Å²) in [4.78, 5) is 22.5. The Kier molecular flexibility index (Phi) is 3.66. The molecule has 1 aliphatic carbocycles. The Balaban J connectivity index is 2.97. The molecule has 0 radical (unpaired) electrons. The summed E-state index contributed by atoms with van der Waals surface area (Å²) in [6, 6.07) is 0. The zero-order chi connectivity index (χ0) is 11.4. The Morgan fingerprint density at radius 3 is 2.53 bits per heavy atom. The first kappa shape index (κ1) is 11.5. The monoisotopic (exact) mass is 210 g/mol. The zero-order valence-electron chi connectivity index (χ0n) is 9.12. The van der Waals surface area contributed by atoms with E-state index in [4.69, 9.17) is 9.47 Å². The fourth-order valence-corrected chi connectivity index (χ4v) is 1.53. The molecule has 0 N–H and O–H groups in total. The summed E-state index contributed by atoms with van der Waals surface area (Å²) in [5.74, 6) is 0.508. The summed E-state index contributed by atoms with van der Waals surface area (Å²) in [6.45, 7) is 1.49. The highest BCUT2D eigenvalue weighted by Gasteiger charge is 2.23. The number of allylic oxidation sites excluding steroid dienone is 3. The molecule has 0 heterocycles. The second-order valence-electron chi connectivity index (χ2n) is 3.38. The molecular formula is C11H14O4. The van der Waals surface area contributed by atoms with Crippen molar-refractivity contribution in [2.45, 2.75) is 19.8 Å². The van der Waals surface area contributed by atoms with Gasteiger partial charge in [-0.05, 0) is 13.0 Å². The van der Waals surface area contributed by atoms with E-state index < -0.39 is 0 Å². The van der Waals surface area contributed by atoms with Gasteiger partial charge in [0, 0.05) is 12.8 Å². The van der Waals surface area contributed by atoms with Crippen LogP contribution in [0.2, 0.25) is 0 Å².